The number of hydrogen-bond acceptors (Lipinski definition) is 3. The van der Waals surface area contributed by atoms with Crippen LogP contribution in [0, 0.1) is 5.82 Å². The highest BCUT2D eigenvalue weighted by Crippen LogP contribution is 2.28. The number of rotatable bonds is 2. The van der Waals surface area contributed by atoms with Crippen LogP contribution in [-0.4, -0.2) is 30.1 Å². The predicted molar refractivity (Wildman–Crippen MR) is 59.2 cm³/mol. The Balaban J connectivity index is 2.42. The van der Waals surface area contributed by atoms with Gasteiger partial charge in [-0.25, -0.2) is 4.39 Å². The molecule has 1 atom stereocenters. The molecule has 4 heteroatoms. The molecule has 0 aromatic heterocycles. The van der Waals surface area contributed by atoms with Crippen LogP contribution in [0.1, 0.15) is 23.7 Å². The number of para-hydroxylation sites is 1. The summed E-state index contributed by atoms with van der Waals surface area (Å²) in [5.74, 6) is -0.558. The van der Waals surface area contributed by atoms with E-state index in [2.05, 4.69) is 0 Å². The van der Waals surface area contributed by atoms with E-state index in [0.717, 1.165) is 0 Å². The lowest BCUT2D eigenvalue weighted by atomic mass is 10.1. The van der Waals surface area contributed by atoms with Crippen molar-refractivity contribution in [3.8, 4) is 0 Å². The fourth-order valence-electron chi connectivity index (χ4n) is 2.07. The molecule has 1 unspecified atom stereocenters. The number of aliphatic hydroxyl groups is 1. The highest BCUT2D eigenvalue weighted by Gasteiger charge is 2.25. The van der Waals surface area contributed by atoms with E-state index in [4.69, 9.17) is 0 Å². The van der Waals surface area contributed by atoms with Gasteiger partial charge in [0.15, 0.2) is 5.78 Å². The maximum Gasteiger partial charge on any atom is 0.161 e. The molecule has 1 aromatic rings. The molecular formula is C12H14FNO2. The van der Waals surface area contributed by atoms with Crippen molar-refractivity contribution in [2.75, 3.05) is 18.0 Å². The third-order valence-electron chi connectivity index (χ3n) is 2.85. The highest BCUT2D eigenvalue weighted by atomic mass is 19.1. The molecule has 1 saturated heterocycles. The maximum atomic E-state index is 13.7. The Hall–Kier alpha value is -1.42. The van der Waals surface area contributed by atoms with Crippen molar-refractivity contribution < 1.29 is 14.3 Å². The average Bonchev–Trinajstić information content (AvgIpc) is 2.64. The van der Waals surface area contributed by atoms with Gasteiger partial charge in [0.2, 0.25) is 0 Å². The molecule has 0 spiro atoms. The Bertz CT molecular complexity index is 419. The minimum Gasteiger partial charge on any atom is -0.391 e. The molecule has 0 amide bonds. The van der Waals surface area contributed by atoms with Gasteiger partial charge >= 0.3 is 0 Å². The number of carbonyl (C=O) groups is 1. The third-order valence-corrected chi connectivity index (χ3v) is 2.85. The zero-order chi connectivity index (χ0) is 11.7. The highest BCUT2D eigenvalue weighted by molar-refractivity contribution is 5.99. The van der Waals surface area contributed by atoms with Crippen molar-refractivity contribution in [1.29, 1.82) is 0 Å². The molecule has 1 aromatic carbocycles. The molecule has 0 aliphatic carbocycles. The van der Waals surface area contributed by atoms with Crippen molar-refractivity contribution in [1.82, 2.24) is 0 Å². The number of β-amino-alcohol motifs (C(OH)–C–C–N with tert-alkyl or cyclic N) is 1. The number of halogens is 1. The van der Waals surface area contributed by atoms with Gasteiger partial charge in [-0.05, 0) is 25.5 Å². The number of Topliss-reactive ketones (excluding diaryl/α,β-unsaturated/α-hetero) is 1. The largest absolute Gasteiger partial charge is 0.391 e. The second kappa shape index (κ2) is 4.22. The molecule has 1 N–H and O–H groups in total. The number of ketones is 1. The van der Waals surface area contributed by atoms with Gasteiger partial charge in [0.05, 0.1) is 11.8 Å². The Morgan fingerprint density at radius 1 is 1.56 bits per heavy atom. The Kier molecular flexibility index (Phi) is 2.92. The van der Waals surface area contributed by atoms with Crippen LogP contribution in [-0.2, 0) is 0 Å². The van der Waals surface area contributed by atoms with Crippen molar-refractivity contribution in [2.45, 2.75) is 19.4 Å². The topological polar surface area (TPSA) is 40.5 Å². The molecule has 1 aliphatic rings. The van der Waals surface area contributed by atoms with Gasteiger partial charge in [-0.2, -0.15) is 0 Å². The fraction of sp³-hybridized carbons (Fsp3) is 0.417. The summed E-state index contributed by atoms with van der Waals surface area (Å²) in [5, 5.41) is 9.43. The smallest absolute Gasteiger partial charge is 0.161 e. The van der Waals surface area contributed by atoms with Crippen LogP contribution in [0.25, 0.3) is 0 Å². The Labute approximate surface area is 93.5 Å². The summed E-state index contributed by atoms with van der Waals surface area (Å²) in [5.41, 5.74) is 0.709. The average molecular weight is 223 g/mol. The number of anilines is 1. The van der Waals surface area contributed by atoms with E-state index >= 15 is 0 Å². The maximum absolute atomic E-state index is 13.7. The first kappa shape index (κ1) is 11.1. The molecule has 1 heterocycles. The molecule has 1 aliphatic heterocycles. The second-order valence-electron chi connectivity index (χ2n) is 4.08. The zero-order valence-corrected chi connectivity index (χ0v) is 9.11. The number of nitrogens with zero attached hydrogens (tertiary/aromatic N) is 1. The number of hydrogen-bond donors (Lipinski definition) is 1. The van der Waals surface area contributed by atoms with Crippen LogP contribution < -0.4 is 4.90 Å². The molecule has 0 bridgehead atoms. The van der Waals surface area contributed by atoms with E-state index in [-0.39, 0.29) is 5.78 Å². The molecule has 1 fully saturated rings. The summed E-state index contributed by atoms with van der Waals surface area (Å²) >= 11 is 0. The van der Waals surface area contributed by atoms with Crippen molar-refractivity contribution in [3.63, 3.8) is 0 Å². The van der Waals surface area contributed by atoms with Crippen molar-refractivity contribution in [3.05, 3.63) is 29.6 Å². The predicted octanol–water partition coefficient (Wildman–Crippen LogP) is 1.60. The summed E-state index contributed by atoms with van der Waals surface area (Å²) in [7, 11) is 0. The van der Waals surface area contributed by atoms with Gasteiger partial charge in [0, 0.05) is 18.7 Å². The van der Waals surface area contributed by atoms with Gasteiger partial charge < -0.3 is 10.0 Å². The van der Waals surface area contributed by atoms with Gasteiger partial charge in [0.1, 0.15) is 5.82 Å². The lowest BCUT2D eigenvalue weighted by Crippen LogP contribution is -2.24. The number of carbonyl (C=O) groups excluding carboxylic acids is 1. The first-order valence-electron chi connectivity index (χ1n) is 5.32. The summed E-state index contributed by atoms with van der Waals surface area (Å²) in [4.78, 5) is 13.1. The first-order chi connectivity index (χ1) is 7.59. The van der Waals surface area contributed by atoms with Crippen LogP contribution in [0.5, 0.6) is 0 Å². The fourth-order valence-corrected chi connectivity index (χ4v) is 2.07. The van der Waals surface area contributed by atoms with E-state index in [0.29, 0.717) is 30.8 Å². The third kappa shape index (κ3) is 1.93. The Morgan fingerprint density at radius 3 is 2.88 bits per heavy atom. The summed E-state index contributed by atoms with van der Waals surface area (Å²) < 4.78 is 13.7. The quantitative estimate of drug-likeness (QED) is 0.774. The molecule has 86 valence electrons. The molecule has 0 saturated carbocycles. The van der Waals surface area contributed by atoms with Crippen LogP contribution in [0.4, 0.5) is 10.1 Å². The van der Waals surface area contributed by atoms with Crippen molar-refractivity contribution in [2.24, 2.45) is 0 Å². The van der Waals surface area contributed by atoms with Crippen molar-refractivity contribution >= 4 is 11.5 Å². The van der Waals surface area contributed by atoms with E-state index in [1.54, 1.807) is 11.0 Å². The van der Waals surface area contributed by atoms with Gasteiger partial charge in [-0.3, -0.25) is 4.79 Å². The molecule has 3 nitrogen and oxygen atoms in total. The summed E-state index contributed by atoms with van der Waals surface area (Å²) in [6.45, 7) is 2.40. The zero-order valence-electron chi connectivity index (χ0n) is 9.11. The number of aliphatic hydroxyl groups excluding tert-OH is 1. The van der Waals surface area contributed by atoms with E-state index in [1.165, 1.54) is 19.1 Å². The molecule has 0 radical (unpaired) electrons. The van der Waals surface area contributed by atoms with Crippen LogP contribution in [0.3, 0.4) is 0 Å². The van der Waals surface area contributed by atoms with Crippen LogP contribution >= 0.6 is 0 Å². The molecular weight excluding hydrogens is 209 g/mol. The Morgan fingerprint density at radius 2 is 2.31 bits per heavy atom. The summed E-state index contributed by atoms with van der Waals surface area (Å²) in [6, 6.07) is 4.49. The second-order valence-corrected chi connectivity index (χ2v) is 4.08. The molecule has 2 rings (SSSR count). The standard InChI is InChI=1S/C12H14FNO2/c1-8(15)10-3-2-4-11(13)12(10)14-6-5-9(16)7-14/h2-4,9,16H,5-7H2,1H3. The minimum atomic E-state index is -0.431. The van der Waals surface area contributed by atoms with E-state index in [9.17, 15) is 14.3 Å². The number of benzene rings is 1. The monoisotopic (exact) mass is 223 g/mol. The van der Waals surface area contributed by atoms with E-state index in [1.807, 2.05) is 0 Å². The van der Waals surface area contributed by atoms with Gasteiger partial charge in [-0.15, -0.1) is 0 Å². The van der Waals surface area contributed by atoms with Gasteiger partial charge in [-0.1, -0.05) is 6.07 Å². The van der Waals surface area contributed by atoms with Gasteiger partial charge in [0.25, 0.3) is 0 Å². The van der Waals surface area contributed by atoms with E-state index < -0.39 is 11.9 Å². The van der Waals surface area contributed by atoms with Crippen LogP contribution in [0.15, 0.2) is 18.2 Å². The normalized spacial score (nSPS) is 20.2. The summed E-state index contributed by atoms with van der Waals surface area (Å²) in [6.07, 6.45) is 0.186. The lowest BCUT2D eigenvalue weighted by Gasteiger charge is -2.21. The lowest BCUT2D eigenvalue weighted by molar-refractivity contribution is 0.101. The SMILES string of the molecule is CC(=O)c1cccc(F)c1N1CCC(O)C1. The first-order valence-corrected chi connectivity index (χ1v) is 5.32. The van der Waals surface area contributed by atoms with Crippen LogP contribution in [0.2, 0.25) is 0 Å². The molecule has 16 heavy (non-hydrogen) atoms. The minimum absolute atomic E-state index is 0.157.